The van der Waals surface area contributed by atoms with Gasteiger partial charge in [-0.25, -0.2) is 0 Å². The Balaban J connectivity index is 1.49. The number of benzene rings is 6. The van der Waals surface area contributed by atoms with Crippen LogP contribution in [0, 0.1) is 6.92 Å². The lowest BCUT2D eigenvalue weighted by Gasteiger charge is -2.45. The predicted octanol–water partition coefficient (Wildman–Crippen LogP) is 12.6. The van der Waals surface area contributed by atoms with Crippen molar-refractivity contribution in [1.82, 2.24) is 0 Å². The Labute approximate surface area is 325 Å². The van der Waals surface area contributed by atoms with Crippen LogP contribution in [-0.4, -0.2) is 6.71 Å². The Morgan fingerprint density at radius 3 is 1.61 bits per heavy atom. The second kappa shape index (κ2) is 13.1. The molecule has 0 bridgehead atoms. The van der Waals surface area contributed by atoms with Crippen LogP contribution in [0.5, 0.6) is 0 Å². The lowest BCUT2D eigenvalue weighted by Crippen LogP contribution is -2.61. The quantitative estimate of drug-likeness (QED) is 0.164. The van der Waals surface area contributed by atoms with E-state index in [1.165, 1.54) is 89.5 Å². The van der Waals surface area contributed by atoms with Gasteiger partial charge in [0.15, 0.2) is 0 Å². The Kier molecular flexibility index (Phi) is 8.72. The first-order valence-corrected chi connectivity index (χ1v) is 19.9. The van der Waals surface area contributed by atoms with Crippen LogP contribution < -0.4 is 26.2 Å². The van der Waals surface area contributed by atoms with Crippen molar-refractivity contribution < 1.29 is 0 Å². The van der Waals surface area contributed by atoms with Crippen molar-refractivity contribution in [1.29, 1.82) is 0 Å². The molecule has 6 aromatic rings. The number of aryl methyl sites for hydroxylation is 1. The molecule has 6 aromatic carbocycles. The van der Waals surface area contributed by atoms with Gasteiger partial charge in [0.2, 0.25) is 0 Å². The summed E-state index contributed by atoms with van der Waals surface area (Å²) in [6, 6.07) is 46.9. The molecule has 0 saturated heterocycles. The summed E-state index contributed by atoms with van der Waals surface area (Å²) in [4.78, 5) is 5.14. The Morgan fingerprint density at radius 1 is 0.481 bits per heavy atom. The number of hydrogen-bond donors (Lipinski definition) is 0. The first-order valence-electron chi connectivity index (χ1n) is 19.9. The highest BCUT2D eigenvalue weighted by atomic mass is 15.2. The minimum absolute atomic E-state index is 0.00126. The molecule has 0 amide bonds. The van der Waals surface area contributed by atoms with Gasteiger partial charge in [0, 0.05) is 34.0 Å². The van der Waals surface area contributed by atoms with Gasteiger partial charge in [-0.05, 0) is 128 Å². The fourth-order valence-electron chi connectivity index (χ4n) is 8.58. The highest BCUT2D eigenvalue weighted by Gasteiger charge is 2.44. The van der Waals surface area contributed by atoms with E-state index >= 15 is 0 Å². The van der Waals surface area contributed by atoms with E-state index < -0.39 is 0 Å². The van der Waals surface area contributed by atoms with Crippen LogP contribution in [0.15, 0.2) is 121 Å². The molecule has 2 aliphatic rings. The average molecular weight is 707 g/mol. The molecule has 2 nitrogen and oxygen atoms in total. The molecule has 0 fully saturated rings. The molecule has 8 rings (SSSR count). The first-order chi connectivity index (χ1) is 25.6. The van der Waals surface area contributed by atoms with Crippen molar-refractivity contribution in [2.24, 2.45) is 0 Å². The zero-order valence-electron chi connectivity index (χ0n) is 34.2. The molecule has 54 heavy (non-hydrogen) atoms. The molecule has 2 heterocycles. The highest BCUT2D eigenvalue weighted by Crippen LogP contribution is 2.48. The van der Waals surface area contributed by atoms with Crippen molar-refractivity contribution >= 4 is 57.2 Å². The molecule has 272 valence electrons. The number of nitrogens with zero attached hydrogens (tertiary/aromatic N) is 2. The summed E-state index contributed by atoms with van der Waals surface area (Å²) in [5.74, 6) is 0.895. The summed E-state index contributed by atoms with van der Waals surface area (Å²) < 4.78 is 0. The zero-order valence-corrected chi connectivity index (χ0v) is 34.2. The first kappa shape index (κ1) is 36.0. The monoisotopic (exact) mass is 706 g/mol. The van der Waals surface area contributed by atoms with Crippen molar-refractivity contribution in [3.63, 3.8) is 0 Å². The number of fused-ring (bicyclic) bond motifs is 4. The summed E-state index contributed by atoms with van der Waals surface area (Å²) >= 11 is 0. The van der Waals surface area contributed by atoms with Gasteiger partial charge in [0.1, 0.15) is 0 Å². The van der Waals surface area contributed by atoms with Crippen LogP contribution in [0.25, 0.3) is 11.1 Å². The summed E-state index contributed by atoms with van der Waals surface area (Å²) in [7, 11) is 0. The van der Waals surface area contributed by atoms with Crippen LogP contribution >= 0.6 is 0 Å². The van der Waals surface area contributed by atoms with E-state index in [-0.39, 0.29) is 17.5 Å². The van der Waals surface area contributed by atoms with Gasteiger partial charge in [-0.15, -0.1) is 0 Å². The smallest absolute Gasteiger partial charge is 0.252 e. The van der Waals surface area contributed by atoms with E-state index in [1.54, 1.807) is 0 Å². The molecule has 0 unspecified atom stereocenters. The minimum atomic E-state index is 0.00126. The standard InChI is InChI=1S/C51H55BN2/c1-32(2)35-17-22-40(23-18-35)53-45-24-19-37(33(3)4)29-42(45)52-43-31-39(51(9,10)11)21-26-46(43)54(48-28-34(5)27-47(53)49(48)52)44-25-20-38(50(6,7)8)30-41(44)36-15-13-12-14-16-36/h12-33H,1-11H3. The summed E-state index contributed by atoms with van der Waals surface area (Å²) in [6.07, 6.45) is 0. The van der Waals surface area contributed by atoms with Gasteiger partial charge >= 0.3 is 0 Å². The van der Waals surface area contributed by atoms with E-state index in [2.05, 4.69) is 207 Å². The zero-order chi connectivity index (χ0) is 38.3. The molecule has 0 saturated carbocycles. The molecule has 0 atom stereocenters. The van der Waals surface area contributed by atoms with Gasteiger partial charge < -0.3 is 9.80 Å². The molecule has 0 radical (unpaired) electrons. The Hall–Kier alpha value is -5.02. The van der Waals surface area contributed by atoms with Crippen LogP contribution in [0.4, 0.5) is 34.1 Å². The van der Waals surface area contributed by atoms with Crippen molar-refractivity contribution in [3.05, 3.63) is 149 Å². The summed E-state index contributed by atoms with van der Waals surface area (Å²) in [6.45, 7) is 25.5. The van der Waals surface area contributed by atoms with Gasteiger partial charge in [0.05, 0.1) is 5.69 Å². The normalized spacial score (nSPS) is 13.7. The lowest BCUT2D eigenvalue weighted by atomic mass is 9.33. The lowest BCUT2D eigenvalue weighted by molar-refractivity contribution is 0.590. The molecule has 0 N–H and O–H groups in total. The van der Waals surface area contributed by atoms with Crippen LogP contribution in [0.3, 0.4) is 0 Å². The van der Waals surface area contributed by atoms with E-state index in [9.17, 15) is 0 Å². The van der Waals surface area contributed by atoms with Crippen LogP contribution in [0.1, 0.15) is 109 Å². The third-order valence-electron chi connectivity index (χ3n) is 11.8. The molecule has 3 heteroatoms. The SMILES string of the molecule is Cc1cc2c3c(c1)N(c1ccc(C(C)(C)C)cc1-c1ccccc1)c1ccc(C(C)(C)C)cc1B3c1cc(C(C)C)ccc1N2c1ccc(C(C)C)cc1. The molecule has 0 aromatic heterocycles. The van der Waals surface area contributed by atoms with Crippen LogP contribution in [0.2, 0.25) is 0 Å². The second-order valence-electron chi connectivity index (χ2n) is 18.4. The van der Waals surface area contributed by atoms with Gasteiger partial charge in [-0.2, -0.15) is 0 Å². The Bertz CT molecular complexity index is 2370. The van der Waals surface area contributed by atoms with E-state index in [0.29, 0.717) is 11.8 Å². The fourth-order valence-corrected chi connectivity index (χ4v) is 8.58. The number of rotatable bonds is 5. The predicted molar refractivity (Wildman–Crippen MR) is 236 cm³/mol. The maximum absolute atomic E-state index is 2.59. The van der Waals surface area contributed by atoms with Crippen LogP contribution in [-0.2, 0) is 10.8 Å². The largest absolute Gasteiger partial charge is 0.311 e. The fraction of sp³-hybridized carbons (Fsp3) is 0.294. The highest BCUT2D eigenvalue weighted by molar-refractivity contribution is 7.00. The van der Waals surface area contributed by atoms with Gasteiger partial charge in [-0.3, -0.25) is 0 Å². The van der Waals surface area contributed by atoms with Crippen molar-refractivity contribution in [3.8, 4) is 11.1 Å². The number of hydrogen-bond acceptors (Lipinski definition) is 2. The van der Waals surface area contributed by atoms with Gasteiger partial charge in [-0.1, -0.05) is 142 Å². The topological polar surface area (TPSA) is 6.48 Å². The molecular formula is C51H55BN2. The molecule has 2 aliphatic heterocycles. The molecule has 0 aliphatic carbocycles. The average Bonchev–Trinajstić information content (AvgIpc) is 3.13. The van der Waals surface area contributed by atoms with Gasteiger partial charge in [0.25, 0.3) is 6.71 Å². The van der Waals surface area contributed by atoms with Crippen molar-refractivity contribution in [2.45, 2.75) is 98.8 Å². The third-order valence-corrected chi connectivity index (χ3v) is 11.8. The minimum Gasteiger partial charge on any atom is -0.311 e. The molecule has 0 spiro atoms. The van der Waals surface area contributed by atoms with E-state index in [0.717, 1.165) is 0 Å². The Morgan fingerprint density at radius 2 is 1.00 bits per heavy atom. The van der Waals surface area contributed by atoms with E-state index in [4.69, 9.17) is 0 Å². The molecular weight excluding hydrogens is 651 g/mol. The summed E-state index contributed by atoms with van der Waals surface area (Å²) in [5, 5.41) is 0. The number of anilines is 6. The second-order valence-corrected chi connectivity index (χ2v) is 18.4. The third kappa shape index (κ3) is 6.07. The maximum atomic E-state index is 2.59. The summed E-state index contributed by atoms with van der Waals surface area (Å²) in [5.41, 5.74) is 20.8. The van der Waals surface area contributed by atoms with Crippen molar-refractivity contribution in [2.75, 3.05) is 9.80 Å². The maximum Gasteiger partial charge on any atom is 0.252 e. The van der Waals surface area contributed by atoms with E-state index in [1.807, 2.05) is 0 Å².